The maximum absolute atomic E-state index is 10.1. The van der Waals surface area contributed by atoms with E-state index in [1.54, 1.807) is 0 Å². The van der Waals surface area contributed by atoms with E-state index in [4.69, 9.17) is 0 Å². The summed E-state index contributed by atoms with van der Waals surface area (Å²) in [4.78, 5) is 0. The van der Waals surface area contributed by atoms with Gasteiger partial charge in [-0.25, -0.2) is 0 Å². The van der Waals surface area contributed by atoms with E-state index < -0.39 is 0 Å². The molecule has 0 unspecified atom stereocenters. The van der Waals surface area contributed by atoms with Gasteiger partial charge < -0.3 is 5.11 Å². The molecule has 0 radical (unpaired) electrons. The predicted octanol–water partition coefficient (Wildman–Crippen LogP) is 5.66. The average molecular weight is 319 g/mol. The van der Waals surface area contributed by atoms with Gasteiger partial charge in [0.2, 0.25) is 0 Å². The van der Waals surface area contributed by atoms with Crippen molar-refractivity contribution < 1.29 is 5.11 Å². The first-order chi connectivity index (χ1) is 10.9. The van der Waals surface area contributed by atoms with E-state index >= 15 is 0 Å². The standard InChI is InChI=1S/C22H38O/c1-14(2)18-7-8-19-17-6-5-15-13-16(23)9-11-21(15,3)20(17)10-12-22(18,19)4/h14-20,23H,5-13H2,1-4H3/t15-,16-,17-,18+,19-,20-,21-,22+/m0/s1. The van der Waals surface area contributed by atoms with Crippen LogP contribution in [0.5, 0.6) is 0 Å². The highest BCUT2D eigenvalue weighted by Gasteiger charge is 2.60. The van der Waals surface area contributed by atoms with Crippen molar-refractivity contribution in [3.63, 3.8) is 0 Å². The summed E-state index contributed by atoms with van der Waals surface area (Å²) in [6.07, 6.45) is 12.2. The van der Waals surface area contributed by atoms with E-state index in [2.05, 4.69) is 27.7 Å². The Morgan fingerprint density at radius 3 is 2.26 bits per heavy atom. The summed E-state index contributed by atoms with van der Waals surface area (Å²) < 4.78 is 0. The molecule has 0 aliphatic heterocycles. The van der Waals surface area contributed by atoms with Crippen LogP contribution in [-0.4, -0.2) is 11.2 Å². The van der Waals surface area contributed by atoms with E-state index in [1.165, 1.54) is 44.9 Å². The van der Waals surface area contributed by atoms with Crippen LogP contribution >= 0.6 is 0 Å². The van der Waals surface area contributed by atoms with Crippen LogP contribution in [0, 0.1) is 46.3 Å². The minimum absolute atomic E-state index is 0.00437. The highest BCUT2D eigenvalue weighted by Crippen LogP contribution is 2.68. The molecule has 4 rings (SSSR count). The fraction of sp³-hybridized carbons (Fsp3) is 1.00. The van der Waals surface area contributed by atoms with Crippen molar-refractivity contribution in [2.45, 2.75) is 91.6 Å². The van der Waals surface area contributed by atoms with Crippen molar-refractivity contribution in [3.05, 3.63) is 0 Å². The molecule has 1 N–H and O–H groups in total. The van der Waals surface area contributed by atoms with Crippen LogP contribution in [-0.2, 0) is 0 Å². The van der Waals surface area contributed by atoms with Gasteiger partial charge in [-0.2, -0.15) is 0 Å². The molecule has 1 nitrogen and oxygen atoms in total. The Kier molecular flexibility index (Phi) is 3.91. The topological polar surface area (TPSA) is 20.2 Å². The van der Waals surface area contributed by atoms with Gasteiger partial charge in [-0.3, -0.25) is 0 Å². The molecule has 132 valence electrons. The van der Waals surface area contributed by atoms with E-state index in [-0.39, 0.29) is 6.10 Å². The number of aliphatic hydroxyl groups is 1. The molecular weight excluding hydrogens is 280 g/mol. The first kappa shape index (κ1) is 16.4. The largest absolute Gasteiger partial charge is 0.393 e. The molecule has 0 aromatic carbocycles. The van der Waals surface area contributed by atoms with Crippen LogP contribution in [0.1, 0.15) is 85.5 Å². The number of hydrogen-bond donors (Lipinski definition) is 1. The Balaban J connectivity index is 1.60. The summed E-state index contributed by atoms with van der Waals surface area (Å²) >= 11 is 0. The van der Waals surface area contributed by atoms with Crippen LogP contribution in [0.4, 0.5) is 0 Å². The summed E-state index contributed by atoms with van der Waals surface area (Å²) in [5.41, 5.74) is 1.17. The van der Waals surface area contributed by atoms with Crippen molar-refractivity contribution in [2.24, 2.45) is 46.3 Å². The van der Waals surface area contributed by atoms with Gasteiger partial charge in [0.15, 0.2) is 0 Å². The third-order valence-electron chi connectivity index (χ3n) is 9.52. The fourth-order valence-electron chi connectivity index (χ4n) is 8.37. The second kappa shape index (κ2) is 5.48. The first-order valence-corrected chi connectivity index (χ1v) is 10.5. The zero-order valence-electron chi connectivity index (χ0n) is 15.9. The summed E-state index contributed by atoms with van der Waals surface area (Å²) in [7, 11) is 0. The lowest BCUT2D eigenvalue weighted by molar-refractivity contribution is -0.128. The average Bonchev–Trinajstić information content (AvgIpc) is 2.85. The zero-order chi connectivity index (χ0) is 16.4. The van der Waals surface area contributed by atoms with Gasteiger partial charge >= 0.3 is 0 Å². The van der Waals surface area contributed by atoms with Crippen molar-refractivity contribution in [1.82, 2.24) is 0 Å². The van der Waals surface area contributed by atoms with Gasteiger partial charge in [0, 0.05) is 0 Å². The normalized spacial score (nSPS) is 56.1. The minimum Gasteiger partial charge on any atom is -0.393 e. The Morgan fingerprint density at radius 2 is 1.52 bits per heavy atom. The maximum Gasteiger partial charge on any atom is 0.0543 e. The molecule has 0 bridgehead atoms. The highest BCUT2D eigenvalue weighted by atomic mass is 16.3. The predicted molar refractivity (Wildman–Crippen MR) is 96.1 cm³/mol. The lowest BCUT2D eigenvalue weighted by Crippen LogP contribution is -2.54. The van der Waals surface area contributed by atoms with Crippen LogP contribution in [0.3, 0.4) is 0 Å². The molecule has 23 heavy (non-hydrogen) atoms. The van der Waals surface area contributed by atoms with Crippen molar-refractivity contribution in [2.75, 3.05) is 0 Å². The van der Waals surface area contributed by atoms with Gasteiger partial charge in [0.05, 0.1) is 6.10 Å². The summed E-state index contributed by atoms with van der Waals surface area (Å²) in [5, 5.41) is 10.1. The van der Waals surface area contributed by atoms with Crippen LogP contribution in [0.15, 0.2) is 0 Å². The lowest BCUT2D eigenvalue weighted by atomic mass is 9.44. The third-order valence-corrected chi connectivity index (χ3v) is 9.52. The third kappa shape index (κ3) is 2.28. The molecule has 0 aromatic heterocycles. The minimum atomic E-state index is -0.00437. The first-order valence-electron chi connectivity index (χ1n) is 10.5. The van der Waals surface area contributed by atoms with E-state index in [0.29, 0.717) is 10.8 Å². The smallest absolute Gasteiger partial charge is 0.0543 e. The number of hydrogen-bond acceptors (Lipinski definition) is 1. The summed E-state index contributed by atoms with van der Waals surface area (Å²) in [6, 6.07) is 0. The number of aliphatic hydroxyl groups excluding tert-OH is 1. The highest BCUT2D eigenvalue weighted by molar-refractivity contribution is 5.09. The van der Waals surface area contributed by atoms with Crippen LogP contribution < -0.4 is 0 Å². The summed E-state index contributed by atoms with van der Waals surface area (Å²) in [5.74, 6) is 5.58. The lowest BCUT2D eigenvalue weighted by Gasteiger charge is -2.61. The van der Waals surface area contributed by atoms with E-state index in [0.717, 1.165) is 48.3 Å². The van der Waals surface area contributed by atoms with Crippen molar-refractivity contribution in [1.29, 1.82) is 0 Å². The monoisotopic (exact) mass is 318 g/mol. The molecule has 0 aromatic rings. The Hall–Kier alpha value is -0.0400. The van der Waals surface area contributed by atoms with E-state index in [9.17, 15) is 5.11 Å². The van der Waals surface area contributed by atoms with Gasteiger partial charge in [0.1, 0.15) is 0 Å². The molecule has 4 aliphatic carbocycles. The molecule has 1 heteroatoms. The maximum atomic E-state index is 10.1. The Bertz CT molecular complexity index is 457. The molecule has 8 atom stereocenters. The molecule has 4 fully saturated rings. The molecule has 0 heterocycles. The number of rotatable bonds is 1. The quantitative estimate of drug-likeness (QED) is 0.661. The second-order valence-corrected chi connectivity index (χ2v) is 10.6. The van der Waals surface area contributed by atoms with Crippen molar-refractivity contribution >= 4 is 0 Å². The molecule has 0 spiro atoms. The van der Waals surface area contributed by atoms with Crippen molar-refractivity contribution in [3.8, 4) is 0 Å². The fourth-order valence-corrected chi connectivity index (χ4v) is 8.37. The van der Waals surface area contributed by atoms with Gasteiger partial charge in [0.25, 0.3) is 0 Å². The van der Waals surface area contributed by atoms with Gasteiger partial charge in [-0.15, -0.1) is 0 Å². The molecule has 4 saturated carbocycles. The second-order valence-electron chi connectivity index (χ2n) is 10.6. The zero-order valence-corrected chi connectivity index (χ0v) is 15.9. The molecule has 0 saturated heterocycles. The Labute approximate surface area is 143 Å². The van der Waals surface area contributed by atoms with E-state index in [1.807, 2.05) is 0 Å². The Morgan fingerprint density at radius 1 is 0.826 bits per heavy atom. The van der Waals surface area contributed by atoms with Crippen LogP contribution in [0.25, 0.3) is 0 Å². The molecular formula is C22H38O. The summed E-state index contributed by atoms with van der Waals surface area (Å²) in [6.45, 7) is 10.2. The SMILES string of the molecule is CC(C)[C@H]1CC[C@H]2[C@@H]3CC[C@H]4C[C@@H](O)CC[C@]4(C)[C@H]3CC[C@]12C. The van der Waals surface area contributed by atoms with Gasteiger partial charge in [-0.05, 0) is 104 Å². The molecule has 4 aliphatic rings. The van der Waals surface area contributed by atoms with Gasteiger partial charge in [-0.1, -0.05) is 27.7 Å². The van der Waals surface area contributed by atoms with Crippen LogP contribution in [0.2, 0.25) is 0 Å². The number of fused-ring (bicyclic) bond motifs is 5. The molecule has 0 amide bonds.